The Kier molecular flexibility index (Phi) is 2.02. The van der Waals surface area contributed by atoms with Gasteiger partial charge < -0.3 is 5.32 Å². The van der Waals surface area contributed by atoms with Gasteiger partial charge in [0.15, 0.2) is 11.6 Å². The van der Waals surface area contributed by atoms with Crippen molar-refractivity contribution in [1.29, 1.82) is 0 Å². The summed E-state index contributed by atoms with van der Waals surface area (Å²) in [4.78, 5) is 0. The van der Waals surface area contributed by atoms with Crippen LogP contribution in [0.3, 0.4) is 0 Å². The molecule has 1 heterocycles. The maximum Gasteiger partial charge on any atom is 0.159 e. The van der Waals surface area contributed by atoms with Crippen molar-refractivity contribution in [3.8, 4) is 0 Å². The van der Waals surface area contributed by atoms with Crippen LogP contribution in [0.4, 0.5) is 8.78 Å². The number of rotatable bonds is 1. The zero-order valence-electron chi connectivity index (χ0n) is 8.34. The topological polar surface area (TPSA) is 12.0 Å². The number of hydrogen-bond donors (Lipinski definition) is 1. The molecular weight excluding hydrogens is 196 g/mol. The predicted octanol–water partition coefficient (Wildman–Crippen LogP) is 2.29. The van der Waals surface area contributed by atoms with E-state index in [9.17, 15) is 8.78 Å². The molecule has 0 spiro atoms. The molecule has 15 heavy (non-hydrogen) atoms. The van der Waals surface area contributed by atoms with Crippen LogP contribution in [0, 0.1) is 23.5 Å². The van der Waals surface area contributed by atoms with E-state index in [0.717, 1.165) is 31.0 Å². The third-order valence-electron chi connectivity index (χ3n) is 3.84. The lowest BCUT2D eigenvalue weighted by Gasteiger charge is -2.40. The third kappa shape index (κ3) is 1.37. The minimum atomic E-state index is -0.751. The van der Waals surface area contributed by atoms with Crippen molar-refractivity contribution >= 4 is 0 Å². The summed E-state index contributed by atoms with van der Waals surface area (Å²) in [6.45, 7) is 2.11. The van der Waals surface area contributed by atoms with Crippen LogP contribution in [0.5, 0.6) is 0 Å². The van der Waals surface area contributed by atoms with Crippen molar-refractivity contribution < 1.29 is 8.78 Å². The summed E-state index contributed by atoms with van der Waals surface area (Å²) < 4.78 is 25.8. The standard InChI is InChI=1S/C12H13F2N/c13-11-2-1-7(4-12(11)14)9-3-8-5-15-6-10(8)9/h1-2,4,8-10,15H,3,5-6H2. The molecule has 1 aromatic carbocycles. The largest absolute Gasteiger partial charge is 0.316 e. The normalized spacial score (nSPS) is 33.6. The number of benzene rings is 1. The van der Waals surface area contributed by atoms with Gasteiger partial charge in [-0.1, -0.05) is 6.07 Å². The summed E-state index contributed by atoms with van der Waals surface area (Å²) in [5.41, 5.74) is 0.957. The van der Waals surface area contributed by atoms with Gasteiger partial charge in [-0.15, -0.1) is 0 Å². The maximum absolute atomic E-state index is 13.1. The number of halogens is 2. The van der Waals surface area contributed by atoms with Crippen molar-refractivity contribution in [2.75, 3.05) is 13.1 Å². The molecule has 3 unspecified atom stereocenters. The molecule has 3 rings (SSSR count). The molecule has 0 radical (unpaired) electrons. The summed E-state index contributed by atoms with van der Waals surface area (Å²) >= 11 is 0. The lowest BCUT2D eigenvalue weighted by molar-refractivity contribution is 0.190. The monoisotopic (exact) mass is 209 g/mol. The van der Waals surface area contributed by atoms with Gasteiger partial charge in [0.1, 0.15) is 0 Å². The second-order valence-electron chi connectivity index (χ2n) is 4.60. The van der Waals surface area contributed by atoms with Crippen LogP contribution in [0.25, 0.3) is 0 Å². The summed E-state index contributed by atoms with van der Waals surface area (Å²) in [6, 6.07) is 4.31. The van der Waals surface area contributed by atoms with Gasteiger partial charge in [0.25, 0.3) is 0 Å². The molecule has 0 bridgehead atoms. The van der Waals surface area contributed by atoms with Gasteiger partial charge in [0.2, 0.25) is 0 Å². The van der Waals surface area contributed by atoms with Crippen molar-refractivity contribution in [2.45, 2.75) is 12.3 Å². The first kappa shape index (κ1) is 9.28. The van der Waals surface area contributed by atoms with Crippen LogP contribution in [-0.4, -0.2) is 13.1 Å². The van der Waals surface area contributed by atoms with E-state index in [0.29, 0.717) is 11.8 Å². The Balaban J connectivity index is 1.85. The van der Waals surface area contributed by atoms with Crippen LogP contribution >= 0.6 is 0 Å². The van der Waals surface area contributed by atoms with Crippen molar-refractivity contribution in [3.05, 3.63) is 35.4 Å². The average Bonchev–Trinajstić information content (AvgIpc) is 2.54. The first-order valence-electron chi connectivity index (χ1n) is 5.41. The molecule has 1 saturated carbocycles. The Hall–Kier alpha value is -0.960. The van der Waals surface area contributed by atoms with Gasteiger partial charge in [0, 0.05) is 0 Å². The van der Waals surface area contributed by atoms with E-state index in [1.165, 1.54) is 12.1 Å². The second kappa shape index (κ2) is 3.27. The van der Waals surface area contributed by atoms with Gasteiger partial charge in [-0.2, -0.15) is 0 Å². The van der Waals surface area contributed by atoms with E-state index >= 15 is 0 Å². The molecular formula is C12H13F2N. The fraction of sp³-hybridized carbons (Fsp3) is 0.500. The second-order valence-corrected chi connectivity index (χ2v) is 4.60. The van der Waals surface area contributed by atoms with Gasteiger partial charge in [0.05, 0.1) is 0 Å². The lowest BCUT2D eigenvalue weighted by atomic mass is 9.64. The zero-order chi connectivity index (χ0) is 10.4. The zero-order valence-corrected chi connectivity index (χ0v) is 8.34. The molecule has 2 aliphatic rings. The molecule has 1 aliphatic carbocycles. The quantitative estimate of drug-likeness (QED) is 0.748. The number of hydrogen-bond acceptors (Lipinski definition) is 1. The molecule has 1 saturated heterocycles. The van der Waals surface area contributed by atoms with Gasteiger partial charge >= 0.3 is 0 Å². The molecule has 1 aromatic rings. The van der Waals surface area contributed by atoms with E-state index in [1.807, 2.05) is 0 Å². The Labute approximate surface area is 87.5 Å². The Morgan fingerprint density at radius 2 is 2.00 bits per heavy atom. The molecule has 3 atom stereocenters. The minimum Gasteiger partial charge on any atom is -0.316 e. The van der Waals surface area contributed by atoms with E-state index in [2.05, 4.69) is 5.32 Å². The molecule has 80 valence electrons. The SMILES string of the molecule is Fc1ccc(C2CC3CNCC32)cc1F. The van der Waals surface area contributed by atoms with Crippen molar-refractivity contribution in [1.82, 2.24) is 5.32 Å². The van der Waals surface area contributed by atoms with Gasteiger partial charge in [-0.3, -0.25) is 0 Å². The first-order chi connectivity index (χ1) is 7.25. The fourth-order valence-electron chi connectivity index (χ4n) is 2.91. The highest BCUT2D eigenvalue weighted by atomic mass is 19.2. The van der Waals surface area contributed by atoms with E-state index in [-0.39, 0.29) is 0 Å². The van der Waals surface area contributed by atoms with Crippen molar-refractivity contribution in [2.24, 2.45) is 11.8 Å². The minimum absolute atomic E-state index is 0.431. The predicted molar refractivity (Wildman–Crippen MR) is 53.6 cm³/mol. The molecule has 3 heteroatoms. The highest BCUT2D eigenvalue weighted by Crippen LogP contribution is 2.48. The third-order valence-corrected chi connectivity index (χ3v) is 3.84. The Bertz CT molecular complexity index is 391. The van der Waals surface area contributed by atoms with Crippen LogP contribution in [0.15, 0.2) is 18.2 Å². The molecule has 1 nitrogen and oxygen atoms in total. The summed E-state index contributed by atoms with van der Waals surface area (Å²) in [6.07, 6.45) is 1.11. The fourth-order valence-corrected chi connectivity index (χ4v) is 2.91. The summed E-state index contributed by atoms with van der Waals surface area (Å²) in [7, 11) is 0. The number of nitrogens with one attached hydrogen (secondary N) is 1. The van der Waals surface area contributed by atoms with E-state index in [4.69, 9.17) is 0 Å². The first-order valence-corrected chi connectivity index (χ1v) is 5.41. The molecule has 0 aromatic heterocycles. The summed E-state index contributed by atoms with van der Waals surface area (Å²) in [5.74, 6) is 0.346. The van der Waals surface area contributed by atoms with Crippen LogP contribution in [0.2, 0.25) is 0 Å². The molecule has 1 aliphatic heterocycles. The van der Waals surface area contributed by atoms with Crippen molar-refractivity contribution in [3.63, 3.8) is 0 Å². The van der Waals surface area contributed by atoms with Crippen LogP contribution in [0.1, 0.15) is 17.9 Å². The molecule has 1 N–H and O–H groups in total. The van der Waals surface area contributed by atoms with Crippen LogP contribution in [-0.2, 0) is 0 Å². The van der Waals surface area contributed by atoms with E-state index in [1.54, 1.807) is 6.07 Å². The lowest BCUT2D eigenvalue weighted by Crippen LogP contribution is -2.33. The van der Waals surface area contributed by atoms with E-state index < -0.39 is 11.6 Å². The molecule has 0 amide bonds. The highest BCUT2D eigenvalue weighted by molar-refractivity contribution is 5.26. The summed E-state index contributed by atoms with van der Waals surface area (Å²) in [5, 5.41) is 3.34. The number of fused-ring (bicyclic) bond motifs is 1. The highest BCUT2D eigenvalue weighted by Gasteiger charge is 2.44. The maximum atomic E-state index is 13.1. The van der Waals surface area contributed by atoms with Crippen LogP contribution < -0.4 is 5.32 Å². The van der Waals surface area contributed by atoms with Gasteiger partial charge in [-0.25, -0.2) is 8.78 Å². The average molecular weight is 209 g/mol. The Morgan fingerprint density at radius 1 is 1.13 bits per heavy atom. The Morgan fingerprint density at radius 3 is 2.73 bits per heavy atom. The molecule has 2 fully saturated rings. The smallest absolute Gasteiger partial charge is 0.159 e. The van der Waals surface area contributed by atoms with Gasteiger partial charge in [-0.05, 0) is 55.0 Å².